The maximum absolute atomic E-state index is 13.6. The lowest BCUT2D eigenvalue weighted by Gasteiger charge is -2.21. The Bertz CT molecular complexity index is 1330. The molecule has 0 atom stereocenters. The molecule has 2 heterocycles. The Kier molecular flexibility index (Phi) is 6.09. The van der Waals surface area contributed by atoms with Gasteiger partial charge in [0, 0.05) is 35.3 Å². The second-order valence-corrected chi connectivity index (χ2v) is 9.67. The monoisotopic (exact) mass is 470 g/mol. The summed E-state index contributed by atoms with van der Waals surface area (Å²) in [6.07, 6.45) is 0. The highest BCUT2D eigenvalue weighted by molar-refractivity contribution is 7.23. The maximum atomic E-state index is 13.6. The molecule has 0 aliphatic carbocycles. The van der Waals surface area contributed by atoms with E-state index in [0.717, 1.165) is 20.5 Å². The minimum absolute atomic E-state index is 0.00695. The van der Waals surface area contributed by atoms with E-state index in [1.54, 1.807) is 24.1 Å². The Labute approximate surface area is 192 Å². The molecule has 0 aliphatic heterocycles. The number of hydrogen-bond donors (Lipinski definition) is 0. The van der Waals surface area contributed by atoms with E-state index in [9.17, 15) is 14.9 Å². The number of methoxy groups -OCH3 is 1. The first-order chi connectivity index (χ1) is 15.3. The van der Waals surface area contributed by atoms with Gasteiger partial charge in [0.05, 0.1) is 21.6 Å². The van der Waals surface area contributed by atoms with Crippen LogP contribution in [0.25, 0.3) is 20.3 Å². The van der Waals surface area contributed by atoms with E-state index in [1.165, 1.54) is 34.8 Å². The fourth-order valence-electron chi connectivity index (χ4n) is 3.35. The van der Waals surface area contributed by atoms with Crippen LogP contribution in [0.4, 0.5) is 10.8 Å². The Balaban J connectivity index is 1.77. The number of ether oxygens (including phenoxy) is 1. The first-order valence-corrected chi connectivity index (χ1v) is 11.5. The lowest BCUT2D eigenvalue weighted by atomic mass is 10.2. The van der Waals surface area contributed by atoms with Crippen molar-refractivity contribution in [2.45, 2.75) is 6.92 Å². The minimum atomic E-state index is -0.432. The zero-order valence-electron chi connectivity index (χ0n) is 18.1. The van der Waals surface area contributed by atoms with Gasteiger partial charge in [-0.1, -0.05) is 17.4 Å². The Morgan fingerprint density at radius 2 is 1.94 bits per heavy atom. The number of non-ortho nitro benzene ring substituents is 1. The number of carbonyl (C=O) groups excluding carboxylic acids is 1. The van der Waals surface area contributed by atoms with Crippen LogP contribution < -0.4 is 9.64 Å². The average Bonchev–Trinajstić information content (AvgIpc) is 3.38. The third-order valence-corrected chi connectivity index (χ3v) is 7.40. The number of benzene rings is 2. The number of thiophene rings is 1. The molecule has 4 rings (SSSR count). The average molecular weight is 471 g/mol. The highest BCUT2D eigenvalue weighted by Crippen LogP contribution is 2.37. The predicted molar refractivity (Wildman–Crippen MR) is 130 cm³/mol. The number of nitrogens with zero attached hydrogens (tertiary/aromatic N) is 4. The molecule has 8 nitrogen and oxygen atoms in total. The molecule has 0 N–H and O–H groups in total. The van der Waals surface area contributed by atoms with Crippen LogP contribution in [0, 0.1) is 17.0 Å². The van der Waals surface area contributed by atoms with Crippen molar-refractivity contribution in [1.29, 1.82) is 0 Å². The van der Waals surface area contributed by atoms with E-state index in [4.69, 9.17) is 9.72 Å². The zero-order valence-corrected chi connectivity index (χ0v) is 19.7. The SMILES string of the molecule is COc1ccc(C)c2sc(N(CCN(C)C)C(=O)c3cc4cc([N+](=O)[O-])ccc4s3)nc12. The summed E-state index contributed by atoms with van der Waals surface area (Å²) in [5, 5.41) is 12.4. The van der Waals surface area contributed by atoms with Crippen molar-refractivity contribution in [3.05, 3.63) is 57.0 Å². The van der Waals surface area contributed by atoms with Crippen molar-refractivity contribution >= 4 is 59.7 Å². The molecule has 0 unspecified atom stereocenters. The van der Waals surface area contributed by atoms with Crippen LogP contribution in [0.1, 0.15) is 15.2 Å². The van der Waals surface area contributed by atoms with Gasteiger partial charge in [-0.3, -0.25) is 19.8 Å². The molecule has 0 saturated heterocycles. The quantitative estimate of drug-likeness (QED) is 0.281. The number of hydrogen-bond acceptors (Lipinski definition) is 8. The van der Waals surface area contributed by atoms with Gasteiger partial charge in [-0.15, -0.1) is 11.3 Å². The van der Waals surface area contributed by atoms with Crippen LogP contribution in [0.2, 0.25) is 0 Å². The number of fused-ring (bicyclic) bond motifs is 2. The van der Waals surface area contributed by atoms with Crippen LogP contribution in [0.5, 0.6) is 5.75 Å². The van der Waals surface area contributed by atoms with Gasteiger partial charge in [-0.2, -0.15) is 0 Å². The van der Waals surface area contributed by atoms with E-state index < -0.39 is 4.92 Å². The van der Waals surface area contributed by atoms with E-state index in [1.807, 2.05) is 38.1 Å². The Morgan fingerprint density at radius 3 is 2.62 bits per heavy atom. The minimum Gasteiger partial charge on any atom is -0.494 e. The number of rotatable bonds is 7. The molecule has 0 aliphatic rings. The lowest BCUT2D eigenvalue weighted by Crippen LogP contribution is -2.36. The van der Waals surface area contributed by atoms with Crippen LogP contribution in [0.3, 0.4) is 0 Å². The largest absolute Gasteiger partial charge is 0.494 e. The molecular weight excluding hydrogens is 448 g/mol. The molecule has 1 amide bonds. The molecule has 2 aromatic heterocycles. The van der Waals surface area contributed by atoms with Gasteiger partial charge >= 0.3 is 0 Å². The Morgan fingerprint density at radius 1 is 1.16 bits per heavy atom. The van der Waals surface area contributed by atoms with Gasteiger partial charge in [0.2, 0.25) is 0 Å². The number of likely N-dealkylation sites (N-methyl/N-ethyl adjacent to an activating group) is 1. The van der Waals surface area contributed by atoms with Crippen molar-refractivity contribution in [3.63, 3.8) is 0 Å². The number of amides is 1. The van der Waals surface area contributed by atoms with E-state index >= 15 is 0 Å². The van der Waals surface area contributed by atoms with Crippen LogP contribution >= 0.6 is 22.7 Å². The number of aromatic nitrogens is 1. The van der Waals surface area contributed by atoms with E-state index in [0.29, 0.717) is 34.2 Å². The van der Waals surface area contributed by atoms with E-state index in [2.05, 4.69) is 0 Å². The molecule has 0 fully saturated rings. The van der Waals surface area contributed by atoms with Crippen LogP contribution in [-0.4, -0.2) is 55.0 Å². The number of nitro benzene ring substituents is 1. The first kappa shape index (κ1) is 22.1. The fraction of sp³-hybridized carbons (Fsp3) is 0.273. The molecular formula is C22H22N4O4S2. The summed E-state index contributed by atoms with van der Waals surface area (Å²) in [6.45, 7) is 3.13. The predicted octanol–water partition coefficient (Wildman–Crippen LogP) is 4.94. The van der Waals surface area contributed by atoms with Gasteiger partial charge in [0.25, 0.3) is 11.6 Å². The van der Waals surface area contributed by atoms with Gasteiger partial charge < -0.3 is 9.64 Å². The van der Waals surface area contributed by atoms with Gasteiger partial charge in [-0.05, 0) is 44.8 Å². The number of thiazole rings is 1. The summed E-state index contributed by atoms with van der Waals surface area (Å²) < 4.78 is 7.28. The summed E-state index contributed by atoms with van der Waals surface area (Å²) in [6, 6.07) is 10.2. The summed E-state index contributed by atoms with van der Waals surface area (Å²) in [4.78, 5) is 33.2. The van der Waals surface area contributed by atoms with Gasteiger partial charge in [-0.25, -0.2) is 4.98 Å². The summed E-state index contributed by atoms with van der Waals surface area (Å²) >= 11 is 2.79. The highest BCUT2D eigenvalue weighted by Gasteiger charge is 2.25. The second kappa shape index (κ2) is 8.81. The number of nitro groups is 1. The maximum Gasteiger partial charge on any atom is 0.270 e. The molecule has 0 spiro atoms. The van der Waals surface area contributed by atoms with E-state index in [-0.39, 0.29) is 11.6 Å². The Hall–Kier alpha value is -3.08. The fourth-order valence-corrected chi connectivity index (χ4v) is 5.41. The third kappa shape index (κ3) is 4.16. The van der Waals surface area contributed by atoms with Crippen LogP contribution in [-0.2, 0) is 0 Å². The summed E-state index contributed by atoms with van der Waals surface area (Å²) in [7, 11) is 5.51. The van der Waals surface area contributed by atoms with Gasteiger partial charge in [0.15, 0.2) is 5.13 Å². The zero-order chi connectivity index (χ0) is 23.0. The molecule has 4 aromatic rings. The highest BCUT2D eigenvalue weighted by atomic mass is 32.1. The first-order valence-electron chi connectivity index (χ1n) is 9.87. The summed E-state index contributed by atoms with van der Waals surface area (Å²) in [5.41, 5.74) is 1.81. The number of aryl methyl sites for hydroxylation is 1. The molecule has 0 bridgehead atoms. The normalized spacial score (nSPS) is 11.4. The van der Waals surface area contributed by atoms with Gasteiger partial charge in [0.1, 0.15) is 11.3 Å². The van der Waals surface area contributed by atoms with Crippen molar-refractivity contribution in [1.82, 2.24) is 9.88 Å². The number of anilines is 1. The topological polar surface area (TPSA) is 88.8 Å². The molecule has 2 aromatic carbocycles. The van der Waals surface area contributed by atoms with Crippen molar-refractivity contribution < 1.29 is 14.5 Å². The molecule has 166 valence electrons. The lowest BCUT2D eigenvalue weighted by molar-refractivity contribution is -0.384. The molecule has 0 saturated carbocycles. The third-order valence-electron chi connectivity index (χ3n) is 5.08. The van der Waals surface area contributed by atoms with Crippen molar-refractivity contribution in [2.75, 3.05) is 39.2 Å². The summed E-state index contributed by atoms with van der Waals surface area (Å²) in [5.74, 6) is 0.494. The standard InChI is InChI=1S/C22H22N4O4S2/c1-13-5-7-16(30-4)19-20(13)32-22(23-19)25(10-9-24(2)3)21(27)18-12-14-11-15(26(28)29)6-8-17(14)31-18/h5-8,11-12H,9-10H2,1-4H3. The van der Waals surface area contributed by atoms with Crippen LogP contribution in [0.15, 0.2) is 36.4 Å². The smallest absolute Gasteiger partial charge is 0.270 e. The number of carbonyl (C=O) groups is 1. The molecule has 10 heteroatoms. The molecule has 32 heavy (non-hydrogen) atoms. The van der Waals surface area contributed by atoms with Crippen molar-refractivity contribution in [3.8, 4) is 5.75 Å². The molecule has 0 radical (unpaired) electrons. The van der Waals surface area contributed by atoms with Crippen molar-refractivity contribution in [2.24, 2.45) is 0 Å². The second-order valence-electron chi connectivity index (χ2n) is 7.61.